The molecule has 0 aliphatic heterocycles. The number of hydrogen-bond acceptors (Lipinski definition) is 5. The summed E-state index contributed by atoms with van der Waals surface area (Å²) in [5.41, 5.74) is 1.71. The third-order valence-corrected chi connectivity index (χ3v) is 2.96. The number of esters is 1. The van der Waals surface area contributed by atoms with E-state index in [1.165, 1.54) is 12.4 Å². The van der Waals surface area contributed by atoms with Gasteiger partial charge in [-0.25, -0.2) is 14.8 Å². The first-order chi connectivity index (χ1) is 11.7. The molecular formula is C19H17N3O2. The predicted octanol–water partition coefficient (Wildman–Crippen LogP) is 3.34. The molecule has 0 aliphatic carbocycles. The van der Waals surface area contributed by atoms with Crippen molar-refractivity contribution in [2.75, 3.05) is 5.32 Å². The molecule has 120 valence electrons. The van der Waals surface area contributed by atoms with Crippen LogP contribution in [0.15, 0.2) is 66.7 Å². The van der Waals surface area contributed by atoms with Gasteiger partial charge in [-0.3, -0.25) is 0 Å². The third kappa shape index (κ3) is 5.11. The number of carbonyl (C=O) groups excluding carboxylic acids is 1. The Kier molecular flexibility index (Phi) is 6.30. The van der Waals surface area contributed by atoms with Gasteiger partial charge in [-0.1, -0.05) is 48.4 Å². The maximum absolute atomic E-state index is 12.0. The van der Waals surface area contributed by atoms with E-state index in [4.69, 9.17) is 11.2 Å². The molecule has 0 saturated heterocycles. The Hall–Kier alpha value is -3.39. The lowest BCUT2D eigenvalue weighted by Gasteiger charge is -2.06. The molecule has 0 bridgehead atoms. The van der Waals surface area contributed by atoms with Gasteiger partial charge in [0.05, 0.1) is 11.3 Å². The van der Waals surface area contributed by atoms with E-state index in [9.17, 15) is 4.79 Å². The number of benzene rings is 1. The standard InChI is InChI=1S/C19H17N3O2/c1-3-5-11-17(4-2)22-19-20-12-16(13-21-19)18(23)24-14-15-9-7-6-8-10-15/h2-3,5-13H,14H2,1H3,(H,20,21,22)/b5-3-,17-11+. The molecule has 1 N–H and O–H groups in total. The molecule has 24 heavy (non-hydrogen) atoms. The van der Waals surface area contributed by atoms with Crippen LogP contribution in [-0.2, 0) is 11.3 Å². The Balaban J connectivity index is 1.96. The molecule has 0 atom stereocenters. The summed E-state index contributed by atoms with van der Waals surface area (Å²) in [6.07, 6.45) is 13.6. The van der Waals surface area contributed by atoms with Crippen LogP contribution in [0.1, 0.15) is 22.8 Å². The number of ether oxygens (including phenoxy) is 1. The molecule has 0 radical (unpaired) electrons. The molecule has 2 rings (SSSR count). The first-order valence-electron chi connectivity index (χ1n) is 7.32. The molecule has 1 heterocycles. The minimum Gasteiger partial charge on any atom is -0.457 e. The lowest BCUT2D eigenvalue weighted by Crippen LogP contribution is -2.08. The van der Waals surface area contributed by atoms with Crippen LogP contribution in [0.5, 0.6) is 0 Å². The normalized spacial score (nSPS) is 11.1. The topological polar surface area (TPSA) is 64.1 Å². The van der Waals surface area contributed by atoms with Crippen molar-refractivity contribution >= 4 is 11.9 Å². The maximum Gasteiger partial charge on any atom is 0.341 e. The van der Waals surface area contributed by atoms with E-state index in [0.717, 1.165) is 5.56 Å². The zero-order valence-electron chi connectivity index (χ0n) is 13.3. The highest BCUT2D eigenvalue weighted by Crippen LogP contribution is 2.07. The second-order valence-corrected chi connectivity index (χ2v) is 4.73. The highest BCUT2D eigenvalue weighted by molar-refractivity contribution is 5.88. The van der Waals surface area contributed by atoms with Crippen LogP contribution in [0.2, 0.25) is 0 Å². The SMILES string of the molecule is C#C/C(=C\C=C/C)Nc1ncc(C(=O)OCc2ccccc2)cn1. The van der Waals surface area contributed by atoms with Gasteiger partial charge in [0, 0.05) is 12.4 Å². The van der Waals surface area contributed by atoms with Crippen molar-refractivity contribution in [3.05, 3.63) is 77.8 Å². The van der Waals surface area contributed by atoms with E-state index in [1.807, 2.05) is 43.3 Å². The number of terminal acetylenes is 1. The number of aromatic nitrogens is 2. The van der Waals surface area contributed by atoms with Crippen LogP contribution in [0, 0.1) is 12.3 Å². The summed E-state index contributed by atoms with van der Waals surface area (Å²) in [7, 11) is 0. The Labute approximate surface area is 141 Å². The lowest BCUT2D eigenvalue weighted by atomic mass is 10.2. The summed E-state index contributed by atoms with van der Waals surface area (Å²) in [6, 6.07) is 9.44. The number of nitrogens with zero attached hydrogens (tertiary/aromatic N) is 2. The van der Waals surface area contributed by atoms with Gasteiger partial charge in [0.25, 0.3) is 0 Å². The third-order valence-electron chi connectivity index (χ3n) is 2.96. The van der Waals surface area contributed by atoms with Gasteiger partial charge in [-0.2, -0.15) is 0 Å². The minimum absolute atomic E-state index is 0.201. The molecule has 5 heteroatoms. The Bertz CT molecular complexity index is 773. The molecular weight excluding hydrogens is 302 g/mol. The van der Waals surface area contributed by atoms with E-state index in [0.29, 0.717) is 11.6 Å². The smallest absolute Gasteiger partial charge is 0.341 e. The second-order valence-electron chi connectivity index (χ2n) is 4.73. The van der Waals surface area contributed by atoms with Crippen LogP contribution in [0.4, 0.5) is 5.95 Å². The molecule has 1 aromatic heterocycles. The summed E-state index contributed by atoms with van der Waals surface area (Å²) < 4.78 is 5.22. The molecule has 0 unspecified atom stereocenters. The number of rotatable bonds is 6. The van der Waals surface area contributed by atoms with Gasteiger partial charge < -0.3 is 10.1 Å². The maximum atomic E-state index is 12.0. The van der Waals surface area contributed by atoms with E-state index in [-0.39, 0.29) is 12.2 Å². The first-order valence-corrected chi connectivity index (χ1v) is 7.32. The molecule has 0 saturated carbocycles. The van der Waals surface area contributed by atoms with Crippen molar-refractivity contribution in [3.63, 3.8) is 0 Å². The molecule has 1 aromatic carbocycles. The van der Waals surface area contributed by atoms with E-state index < -0.39 is 5.97 Å². The molecule has 0 amide bonds. The second kappa shape index (κ2) is 8.91. The molecule has 0 fully saturated rings. The van der Waals surface area contributed by atoms with Crippen LogP contribution in [-0.4, -0.2) is 15.9 Å². The fourth-order valence-electron chi connectivity index (χ4n) is 1.74. The van der Waals surface area contributed by atoms with Crippen molar-refractivity contribution in [1.29, 1.82) is 0 Å². The minimum atomic E-state index is -0.480. The first kappa shape index (κ1) is 17.0. The van der Waals surface area contributed by atoms with Gasteiger partial charge in [0.15, 0.2) is 0 Å². The molecule has 0 aliphatic rings. The Morgan fingerprint density at radius 2 is 2.00 bits per heavy atom. The van der Waals surface area contributed by atoms with Crippen molar-refractivity contribution < 1.29 is 9.53 Å². The average molecular weight is 319 g/mol. The number of anilines is 1. The quantitative estimate of drug-likeness (QED) is 0.502. The molecule has 5 nitrogen and oxygen atoms in total. The fourth-order valence-corrected chi connectivity index (χ4v) is 1.74. The van der Waals surface area contributed by atoms with E-state index in [1.54, 1.807) is 12.2 Å². The summed E-state index contributed by atoms with van der Waals surface area (Å²) in [4.78, 5) is 20.1. The van der Waals surface area contributed by atoms with Crippen LogP contribution in [0.3, 0.4) is 0 Å². The average Bonchev–Trinajstić information content (AvgIpc) is 2.64. The number of allylic oxidation sites excluding steroid dienone is 4. The number of carbonyl (C=O) groups is 1. The summed E-state index contributed by atoms with van der Waals surface area (Å²) in [6.45, 7) is 2.09. The number of nitrogens with one attached hydrogen (secondary N) is 1. The Morgan fingerprint density at radius 3 is 2.62 bits per heavy atom. The summed E-state index contributed by atoms with van der Waals surface area (Å²) >= 11 is 0. The van der Waals surface area contributed by atoms with Crippen LogP contribution >= 0.6 is 0 Å². The van der Waals surface area contributed by atoms with Crippen molar-refractivity contribution in [2.45, 2.75) is 13.5 Å². The highest BCUT2D eigenvalue weighted by atomic mass is 16.5. The molecule has 0 spiro atoms. The zero-order valence-corrected chi connectivity index (χ0v) is 13.3. The van der Waals surface area contributed by atoms with Crippen molar-refractivity contribution in [2.24, 2.45) is 0 Å². The van der Waals surface area contributed by atoms with Gasteiger partial charge in [-0.15, -0.1) is 6.42 Å². The van der Waals surface area contributed by atoms with Gasteiger partial charge in [-0.05, 0) is 18.6 Å². The van der Waals surface area contributed by atoms with Gasteiger partial charge in [0.2, 0.25) is 5.95 Å². The van der Waals surface area contributed by atoms with E-state index >= 15 is 0 Å². The fraction of sp³-hybridized carbons (Fsp3) is 0.105. The van der Waals surface area contributed by atoms with Crippen LogP contribution in [0.25, 0.3) is 0 Å². The monoisotopic (exact) mass is 319 g/mol. The van der Waals surface area contributed by atoms with Crippen LogP contribution < -0.4 is 5.32 Å². The highest BCUT2D eigenvalue weighted by Gasteiger charge is 2.09. The largest absolute Gasteiger partial charge is 0.457 e. The summed E-state index contributed by atoms with van der Waals surface area (Å²) in [5.74, 6) is 2.32. The van der Waals surface area contributed by atoms with E-state index in [2.05, 4.69) is 21.2 Å². The predicted molar refractivity (Wildman–Crippen MR) is 92.9 cm³/mol. The Morgan fingerprint density at radius 1 is 1.29 bits per heavy atom. The summed E-state index contributed by atoms with van der Waals surface area (Å²) in [5, 5.41) is 2.89. The lowest BCUT2D eigenvalue weighted by molar-refractivity contribution is 0.0472. The van der Waals surface area contributed by atoms with Gasteiger partial charge in [0.1, 0.15) is 6.61 Å². The van der Waals surface area contributed by atoms with Crippen molar-refractivity contribution in [1.82, 2.24) is 9.97 Å². The van der Waals surface area contributed by atoms with Crippen molar-refractivity contribution in [3.8, 4) is 12.3 Å². The van der Waals surface area contributed by atoms with Gasteiger partial charge >= 0.3 is 5.97 Å². The number of hydrogen-bond donors (Lipinski definition) is 1. The molecule has 2 aromatic rings. The zero-order chi connectivity index (χ0) is 17.2.